The summed E-state index contributed by atoms with van der Waals surface area (Å²) in [6, 6.07) is 7.73. The monoisotopic (exact) mass is 431 g/mol. The summed E-state index contributed by atoms with van der Waals surface area (Å²) in [6.45, 7) is 2.62. The normalized spacial score (nSPS) is 22.3. The van der Waals surface area contributed by atoms with Crippen LogP contribution in [0.25, 0.3) is 11.1 Å². The number of carbonyl (C=O) groups excluding carboxylic acids is 1. The molecule has 4 nitrogen and oxygen atoms in total. The van der Waals surface area contributed by atoms with Crippen LogP contribution in [0.4, 0.5) is 13.2 Å². The SMILES string of the molecule is C[Si+](O)/N=C1\CCCN(C(=O)C2CC2c2c(F)cccc2-c2c(F)cccc2F)C1. The van der Waals surface area contributed by atoms with Gasteiger partial charge in [-0.15, -0.1) is 4.66 Å². The van der Waals surface area contributed by atoms with E-state index in [2.05, 4.69) is 4.66 Å². The van der Waals surface area contributed by atoms with Crippen LogP contribution in [0.3, 0.4) is 0 Å². The van der Waals surface area contributed by atoms with Gasteiger partial charge in [-0.2, -0.15) is 0 Å². The van der Waals surface area contributed by atoms with E-state index in [4.69, 9.17) is 0 Å². The zero-order valence-corrected chi connectivity index (χ0v) is 17.5. The quantitative estimate of drug-likeness (QED) is 0.743. The van der Waals surface area contributed by atoms with Crippen molar-refractivity contribution in [2.45, 2.75) is 31.7 Å². The van der Waals surface area contributed by atoms with Crippen LogP contribution in [0, 0.1) is 23.4 Å². The number of rotatable bonds is 4. The third-order valence-electron chi connectivity index (χ3n) is 5.66. The predicted molar refractivity (Wildman–Crippen MR) is 110 cm³/mol. The number of piperidine rings is 1. The van der Waals surface area contributed by atoms with Gasteiger partial charge in [-0.25, -0.2) is 18.0 Å². The fraction of sp³-hybridized carbons (Fsp3) is 0.364. The van der Waals surface area contributed by atoms with Gasteiger partial charge < -0.3 is 4.90 Å². The molecule has 1 heterocycles. The average molecular weight is 432 g/mol. The predicted octanol–water partition coefficient (Wildman–Crippen LogP) is 4.05. The highest BCUT2D eigenvalue weighted by atomic mass is 28.3. The lowest BCUT2D eigenvalue weighted by Crippen LogP contribution is -2.41. The lowest BCUT2D eigenvalue weighted by atomic mass is 9.94. The van der Waals surface area contributed by atoms with Crippen molar-refractivity contribution in [1.29, 1.82) is 0 Å². The minimum atomic E-state index is -1.76. The average Bonchev–Trinajstić information content (AvgIpc) is 3.47. The minimum absolute atomic E-state index is 0.0987. The summed E-state index contributed by atoms with van der Waals surface area (Å²) < 4.78 is 47.7. The van der Waals surface area contributed by atoms with Crippen LogP contribution in [-0.4, -0.2) is 43.6 Å². The highest BCUT2D eigenvalue weighted by molar-refractivity contribution is 6.48. The number of benzene rings is 2. The summed E-state index contributed by atoms with van der Waals surface area (Å²) in [6.07, 6.45) is 1.96. The molecule has 156 valence electrons. The maximum atomic E-state index is 14.8. The number of hydrogen-bond acceptors (Lipinski definition) is 3. The molecule has 0 aromatic heterocycles. The molecule has 2 aromatic rings. The lowest BCUT2D eigenvalue weighted by Gasteiger charge is -2.27. The number of nitrogens with zero attached hydrogens (tertiary/aromatic N) is 2. The van der Waals surface area contributed by atoms with Gasteiger partial charge in [-0.3, -0.25) is 4.79 Å². The van der Waals surface area contributed by atoms with Crippen molar-refractivity contribution in [1.82, 2.24) is 4.90 Å². The first-order valence-electron chi connectivity index (χ1n) is 9.97. The summed E-state index contributed by atoms with van der Waals surface area (Å²) in [7, 11) is -1.76. The Bertz CT molecular complexity index is 992. The molecule has 8 heteroatoms. The Hall–Kier alpha value is -2.45. The molecule has 4 rings (SSSR count). The van der Waals surface area contributed by atoms with Crippen LogP contribution < -0.4 is 0 Å². The number of amides is 1. The van der Waals surface area contributed by atoms with Gasteiger partial charge in [0.15, 0.2) is 0 Å². The van der Waals surface area contributed by atoms with Crippen LogP contribution in [0.15, 0.2) is 41.1 Å². The third kappa shape index (κ3) is 4.06. The van der Waals surface area contributed by atoms with Gasteiger partial charge in [-0.1, -0.05) is 18.2 Å². The van der Waals surface area contributed by atoms with Gasteiger partial charge in [0, 0.05) is 12.5 Å². The number of likely N-dealkylation sites (tertiary alicyclic amines) is 1. The molecule has 2 unspecified atom stereocenters. The topological polar surface area (TPSA) is 52.9 Å². The molecule has 0 radical (unpaired) electrons. The number of hydrogen-bond donors (Lipinski definition) is 1. The van der Waals surface area contributed by atoms with Crippen LogP contribution >= 0.6 is 0 Å². The second kappa shape index (κ2) is 8.35. The van der Waals surface area contributed by atoms with Crippen LogP contribution in [-0.2, 0) is 4.79 Å². The van der Waals surface area contributed by atoms with Gasteiger partial charge in [-0.05, 0) is 54.5 Å². The van der Waals surface area contributed by atoms with Crippen LogP contribution in [0.5, 0.6) is 0 Å². The molecule has 0 bridgehead atoms. The fourth-order valence-electron chi connectivity index (χ4n) is 4.27. The second-order valence-corrected chi connectivity index (χ2v) is 9.15. The first kappa shape index (κ1) is 20.8. The van der Waals surface area contributed by atoms with Crippen molar-refractivity contribution in [3.8, 4) is 11.1 Å². The molecule has 1 saturated heterocycles. The Morgan fingerprint density at radius 1 is 1.13 bits per heavy atom. The van der Waals surface area contributed by atoms with Crippen molar-refractivity contribution in [2.75, 3.05) is 13.1 Å². The van der Waals surface area contributed by atoms with Crippen molar-refractivity contribution in [3.63, 3.8) is 0 Å². The Kier molecular flexibility index (Phi) is 5.79. The van der Waals surface area contributed by atoms with E-state index in [1.165, 1.54) is 24.3 Å². The van der Waals surface area contributed by atoms with Crippen LogP contribution in [0.1, 0.15) is 30.7 Å². The molecule has 30 heavy (non-hydrogen) atoms. The fourth-order valence-corrected chi connectivity index (χ4v) is 4.91. The molecular formula is C22H22F3N2O2Si+. The summed E-state index contributed by atoms with van der Waals surface area (Å²) in [5.74, 6) is -3.02. The maximum absolute atomic E-state index is 14.8. The Morgan fingerprint density at radius 3 is 2.50 bits per heavy atom. The number of halogens is 3. The molecule has 2 aliphatic rings. The van der Waals surface area contributed by atoms with Gasteiger partial charge in [0.25, 0.3) is 0 Å². The molecule has 1 amide bonds. The van der Waals surface area contributed by atoms with E-state index >= 15 is 0 Å². The Balaban J connectivity index is 1.60. The lowest BCUT2D eigenvalue weighted by molar-refractivity contribution is -0.132. The Labute approximate surface area is 174 Å². The van der Waals surface area contributed by atoms with Gasteiger partial charge in [0.05, 0.1) is 17.8 Å². The summed E-state index contributed by atoms with van der Waals surface area (Å²) in [5, 5.41) is 0. The third-order valence-corrected chi connectivity index (χ3v) is 6.30. The summed E-state index contributed by atoms with van der Waals surface area (Å²) in [5.41, 5.74) is 0.897. The largest absolute Gasteiger partial charge is 0.617 e. The van der Waals surface area contributed by atoms with E-state index in [0.717, 1.165) is 30.7 Å². The van der Waals surface area contributed by atoms with Crippen molar-refractivity contribution in [2.24, 2.45) is 10.6 Å². The smallest absolute Gasteiger partial charge is 0.337 e. The molecular weight excluding hydrogens is 409 g/mol. The van der Waals surface area contributed by atoms with Gasteiger partial charge in [0.2, 0.25) is 5.91 Å². The van der Waals surface area contributed by atoms with Crippen molar-refractivity contribution < 1.29 is 22.8 Å². The van der Waals surface area contributed by atoms with E-state index in [0.29, 0.717) is 19.5 Å². The highest BCUT2D eigenvalue weighted by Gasteiger charge is 2.48. The zero-order valence-electron chi connectivity index (χ0n) is 16.5. The summed E-state index contributed by atoms with van der Waals surface area (Å²) >= 11 is 0. The molecule has 1 aliphatic heterocycles. The van der Waals surface area contributed by atoms with Crippen molar-refractivity contribution in [3.05, 3.63) is 59.4 Å². The first-order chi connectivity index (χ1) is 14.4. The van der Waals surface area contributed by atoms with E-state index in [1.54, 1.807) is 11.4 Å². The van der Waals surface area contributed by atoms with E-state index < -0.39 is 38.5 Å². The minimum Gasteiger partial charge on any atom is -0.337 e. The Morgan fingerprint density at radius 2 is 1.80 bits per heavy atom. The highest BCUT2D eigenvalue weighted by Crippen LogP contribution is 2.52. The molecule has 2 atom stereocenters. The standard InChI is InChI=1S/C22H22F3N2O2Si/c1-30(29)26-13-5-4-10-27(12-13)22(28)16-11-15(16)20-14(6-2-7-17(20)23)21-18(24)8-3-9-19(21)25/h2-3,6-9,15-16,29H,4-5,10-12H2,1H3/q+1/b26-13+. The van der Waals surface area contributed by atoms with E-state index in [-0.39, 0.29) is 22.6 Å². The number of carbonyl (C=O) groups is 1. The van der Waals surface area contributed by atoms with Crippen LogP contribution in [0.2, 0.25) is 6.55 Å². The van der Waals surface area contributed by atoms with Crippen molar-refractivity contribution >= 4 is 20.8 Å². The maximum Gasteiger partial charge on any atom is 0.617 e. The second-order valence-electron chi connectivity index (χ2n) is 7.84. The molecule has 1 saturated carbocycles. The molecule has 1 N–H and O–H groups in total. The van der Waals surface area contributed by atoms with E-state index in [1.807, 2.05) is 0 Å². The van der Waals surface area contributed by atoms with Gasteiger partial charge in [0.1, 0.15) is 24.0 Å². The zero-order chi connectivity index (χ0) is 21.4. The molecule has 0 spiro atoms. The molecule has 2 aromatic carbocycles. The molecule has 2 fully saturated rings. The summed E-state index contributed by atoms with van der Waals surface area (Å²) in [4.78, 5) is 24.3. The first-order valence-corrected chi connectivity index (χ1v) is 11.9. The van der Waals surface area contributed by atoms with E-state index in [9.17, 15) is 22.8 Å². The van der Waals surface area contributed by atoms with Gasteiger partial charge >= 0.3 is 9.20 Å². The molecule has 1 aliphatic carbocycles.